The van der Waals surface area contributed by atoms with E-state index in [0.29, 0.717) is 0 Å². The molecule has 1 N–H and O–H groups in total. The van der Waals surface area contributed by atoms with Crippen molar-refractivity contribution in [3.05, 3.63) is 48.0 Å². The molecule has 2 amide bonds. The van der Waals surface area contributed by atoms with Crippen molar-refractivity contribution in [1.29, 1.82) is 0 Å². The van der Waals surface area contributed by atoms with E-state index in [1.54, 1.807) is 4.90 Å². The first-order chi connectivity index (χ1) is 11.2. The summed E-state index contributed by atoms with van der Waals surface area (Å²) in [6.07, 6.45) is 5.18. The fraction of sp³-hybridized carbons (Fsp3) is 0.421. The van der Waals surface area contributed by atoms with Crippen LogP contribution in [0.1, 0.15) is 18.4 Å². The molecule has 0 unspecified atom stereocenters. The zero-order chi connectivity index (χ0) is 16.5. The van der Waals surface area contributed by atoms with E-state index >= 15 is 0 Å². The van der Waals surface area contributed by atoms with E-state index in [4.69, 9.17) is 0 Å². The van der Waals surface area contributed by atoms with Crippen molar-refractivity contribution in [2.75, 3.05) is 32.1 Å². The number of rotatable bonds is 8. The zero-order valence-corrected chi connectivity index (χ0v) is 14.9. The highest BCUT2D eigenvalue weighted by atomic mass is 32.2. The van der Waals surface area contributed by atoms with Crippen molar-refractivity contribution in [3.63, 3.8) is 0 Å². The second-order valence-electron chi connectivity index (χ2n) is 5.74. The van der Waals surface area contributed by atoms with Crippen LogP contribution in [-0.2, 0) is 6.42 Å². The van der Waals surface area contributed by atoms with Crippen LogP contribution in [0.3, 0.4) is 0 Å². The first kappa shape index (κ1) is 17.7. The first-order valence-corrected chi connectivity index (χ1v) is 9.56. The Morgan fingerprint density at radius 1 is 1.13 bits per heavy atom. The molecule has 0 bridgehead atoms. The lowest BCUT2D eigenvalue weighted by Gasteiger charge is -2.18. The van der Waals surface area contributed by atoms with Gasteiger partial charge in [0, 0.05) is 20.1 Å². The topological polar surface area (TPSA) is 32.3 Å². The number of nitrogens with one attached hydrogen (secondary N) is 1. The van der Waals surface area contributed by atoms with E-state index in [-0.39, 0.29) is 6.03 Å². The summed E-state index contributed by atoms with van der Waals surface area (Å²) in [4.78, 5) is 13.8. The molecule has 4 heteroatoms. The highest BCUT2D eigenvalue weighted by Crippen LogP contribution is 2.18. The lowest BCUT2D eigenvalue weighted by atomic mass is 10.0. The Hall–Kier alpha value is -1.68. The number of nitrogens with zero attached hydrogens (tertiary/aromatic N) is 1. The fourth-order valence-electron chi connectivity index (χ4n) is 2.60. The third-order valence-corrected chi connectivity index (χ3v) is 4.69. The molecule has 0 aliphatic carbocycles. The summed E-state index contributed by atoms with van der Waals surface area (Å²) < 4.78 is 0. The van der Waals surface area contributed by atoms with E-state index in [2.05, 4.69) is 54.0 Å². The predicted octanol–water partition coefficient (Wildman–Crippen LogP) is 4.17. The largest absolute Gasteiger partial charge is 0.338 e. The minimum atomic E-state index is 0.0226. The number of fused-ring (bicyclic) bond motifs is 1. The van der Waals surface area contributed by atoms with E-state index in [1.807, 2.05) is 18.8 Å². The third-order valence-electron chi connectivity index (χ3n) is 3.99. The van der Waals surface area contributed by atoms with Crippen LogP contribution in [0, 0.1) is 0 Å². The quantitative estimate of drug-likeness (QED) is 0.737. The van der Waals surface area contributed by atoms with Crippen molar-refractivity contribution in [2.45, 2.75) is 19.3 Å². The maximum absolute atomic E-state index is 12.1. The molecule has 0 spiro atoms. The maximum Gasteiger partial charge on any atom is 0.317 e. The van der Waals surface area contributed by atoms with Gasteiger partial charge in [-0.3, -0.25) is 0 Å². The zero-order valence-electron chi connectivity index (χ0n) is 14.0. The summed E-state index contributed by atoms with van der Waals surface area (Å²) in [5.41, 5.74) is 1.29. The Balaban J connectivity index is 1.81. The third kappa shape index (κ3) is 5.47. The summed E-state index contributed by atoms with van der Waals surface area (Å²) in [5, 5.41) is 5.53. The van der Waals surface area contributed by atoms with Crippen molar-refractivity contribution < 1.29 is 4.79 Å². The minimum absolute atomic E-state index is 0.0226. The van der Waals surface area contributed by atoms with Gasteiger partial charge in [-0.1, -0.05) is 42.5 Å². The van der Waals surface area contributed by atoms with Gasteiger partial charge in [-0.15, -0.1) is 0 Å². The van der Waals surface area contributed by atoms with Crippen molar-refractivity contribution in [1.82, 2.24) is 10.2 Å². The molecule has 3 nitrogen and oxygen atoms in total. The Kier molecular flexibility index (Phi) is 7.27. The average Bonchev–Trinajstić information content (AvgIpc) is 2.59. The van der Waals surface area contributed by atoms with Crippen molar-refractivity contribution >= 4 is 28.6 Å². The summed E-state index contributed by atoms with van der Waals surface area (Å²) in [5.74, 6) is 1.16. The smallest absolute Gasteiger partial charge is 0.317 e. The number of amides is 2. The number of hydrogen-bond donors (Lipinski definition) is 1. The summed E-state index contributed by atoms with van der Waals surface area (Å²) in [6.45, 7) is 1.49. The van der Waals surface area contributed by atoms with Crippen LogP contribution in [0.25, 0.3) is 10.8 Å². The van der Waals surface area contributed by atoms with Gasteiger partial charge in [-0.25, -0.2) is 4.79 Å². The lowest BCUT2D eigenvalue weighted by Crippen LogP contribution is -2.38. The predicted molar refractivity (Wildman–Crippen MR) is 101 cm³/mol. The number of unbranched alkanes of at least 4 members (excludes halogenated alkanes) is 1. The monoisotopic (exact) mass is 330 g/mol. The van der Waals surface area contributed by atoms with Gasteiger partial charge in [0.1, 0.15) is 0 Å². The van der Waals surface area contributed by atoms with Crippen molar-refractivity contribution in [2.24, 2.45) is 0 Å². The summed E-state index contributed by atoms with van der Waals surface area (Å²) >= 11 is 1.85. The van der Waals surface area contributed by atoms with Gasteiger partial charge in [0.15, 0.2) is 0 Å². The molecule has 0 aliphatic rings. The molecule has 0 saturated heterocycles. The van der Waals surface area contributed by atoms with Gasteiger partial charge in [0.2, 0.25) is 0 Å². The number of benzene rings is 2. The molecule has 2 rings (SSSR count). The minimum Gasteiger partial charge on any atom is -0.338 e. The molecule has 2 aromatic rings. The number of urea groups is 1. The van der Waals surface area contributed by atoms with Gasteiger partial charge in [-0.05, 0) is 47.6 Å². The highest BCUT2D eigenvalue weighted by Gasteiger charge is 2.08. The standard InChI is InChI=1S/C19H26N2OS/c1-21(19(22)20-13-5-6-15-23-2)14-12-17-10-7-9-16-8-3-4-11-18(16)17/h3-4,7-11H,5-6,12-15H2,1-2H3,(H,20,22). The Morgan fingerprint density at radius 2 is 1.91 bits per heavy atom. The number of carbonyl (C=O) groups excluding carboxylic acids is 1. The normalized spacial score (nSPS) is 10.7. The van der Waals surface area contributed by atoms with Crippen LogP contribution in [0.5, 0.6) is 0 Å². The number of likely N-dealkylation sites (N-methyl/N-ethyl adjacent to an activating group) is 1. The molecule has 0 radical (unpaired) electrons. The second-order valence-corrected chi connectivity index (χ2v) is 6.73. The van der Waals surface area contributed by atoms with Gasteiger partial charge in [0.25, 0.3) is 0 Å². The van der Waals surface area contributed by atoms with E-state index in [9.17, 15) is 4.79 Å². The van der Waals surface area contributed by atoms with Crippen LogP contribution in [0.4, 0.5) is 4.79 Å². The molecular weight excluding hydrogens is 304 g/mol. The molecule has 0 atom stereocenters. The molecule has 2 aromatic carbocycles. The van der Waals surface area contributed by atoms with E-state index < -0.39 is 0 Å². The summed E-state index contributed by atoms with van der Waals surface area (Å²) in [7, 11) is 1.86. The molecule has 0 saturated carbocycles. The van der Waals surface area contributed by atoms with Crippen LogP contribution in [-0.4, -0.2) is 43.1 Å². The SMILES string of the molecule is CSCCCCNC(=O)N(C)CCc1cccc2ccccc12. The number of carbonyl (C=O) groups is 1. The molecule has 0 heterocycles. The fourth-order valence-corrected chi connectivity index (χ4v) is 3.09. The van der Waals surface area contributed by atoms with Crippen LogP contribution in [0.2, 0.25) is 0 Å². The van der Waals surface area contributed by atoms with Gasteiger partial charge >= 0.3 is 6.03 Å². The second kappa shape index (κ2) is 9.46. The summed E-state index contributed by atoms with van der Waals surface area (Å²) in [6, 6.07) is 14.8. The highest BCUT2D eigenvalue weighted by molar-refractivity contribution is 7.98. The van der Waals surface area contributed by atoms with Crippen LogP contribution < -0.4 is 5.32 Å². The van der Waals surface area contributed by atoms with E-state index in [1.165, 1.54) is 16.3 Å². The molecule has 23 heavy (non-hydrogen) atoms. The van der Waals surface area contributed by atoms with Crippen molar-refractivity contribution in [3.8, 4) is 0 Å². The number of thioether (sulfide) groups is 1. The average molecular weight is 330 g/mol. The molecule has 0 fully saturated rings. The molecule has 124 valence electrons. The Bertz CT molecular complexity index is 624. The molecular formula is C19H26N2OS. The van der Waals surface area contributed by atoms with Gasteiger partial charge < -0.3 is 10.2 Å². The number of hydrogen-bond acceptors (Lipinski definition) is 2. The van der Waals surface area contributed by atoms with Crippen LogP contribution in [0.15, 0.2) is 42.5 Å². The Labute approximate surface area is 143 Å². The Morgan fingerprint density at radius 3 is 2.74 bits per heavy atom. The first-order valence-electron chi connectivity index (χ1n) is 8.17. The van der Waals surface area contributed by atoms with Gasteiger partial charge in [0.05, 0.1) is 0 Å². The maximum atomic E-state index is 12.1. The van der Waals surface area contributed by atoms with E-state index in [0.717, 1.165) is 38.1 Å². The lowest BCUT2D eigenvalue weighted by molar-refractivity contribution is 0.209. The molecule has 0 aromatic heterocycles. The molecule has 0 aliphatic heterocycles. The van der Waals surface area contributed by atoms with Gasteiger partial charge in [-0.2, -0.15) is 11.8 Å². The van der Waals surface area contributed by atoms with Crippen LogP contribution >= 0.6 is 11.8 Å².